The highest BCUT2D eigenvalue weighted by molar-refractivity contribution is 7.89. The molecule has 0 heterocycles. The molecule has 0 atom stereocenters. The van der Waals surface area contributed by atoms with E-state index < -0.39 is 27.6 Å². The number of aryl methyl sites for hydroxylation is 1. The molecule has 0 amide bonds. The van der Waals surface area contributed by atoms with Gasteiger partial charge >= 0.3 is 6.18 Å². The van der Waals surface area contributed by atoms with E-state index in [1.165, 1.54) is 12.1 Å². The van der Waals surface area contributed by atoms with Crippen LogP contribution < -0.4 is 4.83 Å². The number of alkyl halides is 3. The molecule has 2 aromatic rings. The second-order valence-corrected chi connectivity index (χ2v) is 6.56. The average molecular weight is 360 g/mol. The van der Waals surface area contributed by atoms with Crippen LogP contribution in [0.25, 0.3) is 0 Å². The van der Waals surface area contributed by atoms with Crippen molar-refractivity contribution in [2.45, 2.75) is 18.0 Å². The van der Waals surface area contributed by atoms with Gasteiger partial charge in [0.2, 0.25) is 0 Å². The molecule has 0 saturated carbocycles. The highest BCUT2D eigenvalue weighted by Gasteiger charge is 2.33. The first-order valence-corrected chi connectivity index (χ1v) is 8.06. The standard InChI is InChI=1S/C15H12F4N2O2S/c1-10-2-5-12(6-3-10)24(22,23)21-20-9-11-4-7-13(14(16)8-11)15(17,18)19/h2-9,21H,1H3/b20-9+. The first-order chi connectivity index (χ1) is 11.1. The maximum Gasteiger partial charge on any atom is 0.419 e. The predicted molar refractivity (Wildman–Crippen MR) is 80.5 cm³/mol. The molecule has 9 heteroatoms. The van der Waals surface area contributed by atoms with Crippen molar-refractivity contribution in [3.05, 3.63) is 65.0 Å². The molecule has 1 N–H and O–H groups in total. The molecule has 128 valence electrons. The molecule has 0 radical (unpaired) electrons. The number of sulfonamides is 1. The summed E-state index contributed by atoms with van der Waals surface area (Å²) in [6.45, 7) is 1.79. The average Bonchev–Trinajstić information content (AvgIpc) is 2.46. The second-order valence-electron chi connectivity index (χ2n) is 4.90. The van der Waals surface area contributed by atoms with Crippen LogP contribution in [-0.4, -0.2) is 14.6 Å². The third-order valence-electron chi connectivity index (χ3n) is 3.02. The zero-order valence-electron chi connectivity index (χ0n) is 12.3. The van der Waals surface area contributed by atoms with Crippen molar-refractivity contribution >= 4 is 16.2 Å². The van der Waals surface area contributed by atoms with Gasteiger partial charge in [-0.1, -0.05) is 23.8 Å². The van der Waals surface area contributed by atoms with Crippen LogP contribution in [0.5, 0.6) is 0 Å². The summed E-state index contributed by atoms with van der Waals surface area (Å²) in [6, 6.07) is 8.12. The largest absolute Gasteiger partial charge is 0.419 e. The van der Waals surface area contributed by atoms with Crippen LogP contribution in [0.4, 0.5) is 17.6 Å². The Bertz CT molecular complexity index is 860. The maximum atomic E-state index is 13.4. The van der Waals surface area contributed by atoms with Gasteiger partial charge in [0.1, 0.15) is 5.82 Å². The van der Waals surface area contributed by atoms with Gasteiger partial charge in [0.15, 0.2) is 0 Å². The molecule has 0 fully saturated rings. The molecule has 0 aliphatic heterocycles. The lowest BCUT2D eigenvalue weighted by Crippen LogP contribution is -2.18. The van der Waals surface area contributed by atoms with Crippen LogP contribution in [0.15, 0.2) is 52.5 Å². The summed E-state index contributed by atoms with van der Waals surface area (Å²) in [4.78, 5) is 1.88. The van der Waals surface area contributed by atoms with Gasteiger partial charge in [0, 0.05) is 0 Å². The fourth-order valence-electron chi connectivity index (χ4n) is 1.78. The highest BCUT2D eigenvalue weighted by Crippen LogP contribution is 2.31. The van der Waals surface area contributed by atoms with Crippen molar-refractivity contribution in [3.63, 3.8) is 0 Å². The lowest BCUT2D eigenvalue weighted by molar-refractivity contribution is -0.140. The predicted octanol–water partition coefficient (Wildman–Crippen LogP) is 3.47. The molecule has 0 saturated heterocycles. The fourth-order valence-corrected chi connectivity index (χ4v) is 2.57. The molecule has 4 nitrogen and oxygen atoms in total. The highest BCUT2D eigenvalue weighted by atomic mass is 32.2. The molecule has 0 unspecified atom stereocenters. The summed E-state index contributed by atoms with van der Waals surface area (Å²) in [5.74, 6) is -1.46. The molecule has 0 aliphatic rings. The second kappa shape index (κ2) is 6.60. The summed E-state index contributed by atoms with van der Waals surface area (Å²) in [7, 11) is -3.91. The topological polar surface area (TPSA) is 58.5 Å². The number of hydrogen-bond acceptors (Lipinski definition) is 3. The van der Waals surface area contributed by atoms with Crippen molar-refractivity contribution in [1.29, 1.82) is 0 Å². The number of nitrogens with zero attached hydrogens (tertiary/aromatic N) is 1. The Kier molecular flexibility index (Phi) is 4.93. The van der Waals surface area contributed by atoms with Crippen molar-refractivity contribution in [2.75, 3.05) is 0 Å². The normalized spacial score (nSPS) is 12.5. The Morgan fingerprint density at radius 1 is 1.08 bits per heavy atom. The molecule has 0 aliphatic carbocycles. The molecule has 0 aromatic heterocycles. The van der Waals surface area contributed by atoms with Crippen molar-refractivity contribution in [2.24, 2.45) is 5.10 Å². The van der Waals surface area contributed by atoms with E-state index in [1.807, 2.05) is 4.83 Å². The van der Waals surface area contributed by atoms with Gasteiger partial charge < -0.3 is 0 Å². The van der Waals surface area contributed by atoms with Gasteiger partial charge in [-0.15, -0.1) is 0 Å². The van der Waals surface area contributed by atoms with E-state index in [4.69, 9.17) is 0 Å². The fraction of sp³-hybridized carbons (Fsp3) is 0.133. The zero-order valence-corrected chi connectivity index (χ0v) is 13.1. The van der Waals surface area contributed by atoms with Crippen molar-refractivity contribution in [3.8, 4) is 0 Å². The van der Waals surface area contributed by atoms with E-state index >= 15 is 0 Å². The lowest BCUT2D eigenvalue weighted by Gasteiger charge is -2.08. The maximum absolute atomic E-state index is 13.4. The van der Waals surface area contributed by atoms with Crippen LogP contribution >= 0.6 is 0 Å². The number of nitrogens with one attached hydrogen (secondary N) is 1. The summed E-state index contributed by atoms with van der Waals surface area (Å²) in [5, 5.41) is 3.43. The number of halogens is 4. The van der Waals surface area contributed by atoms with Crippen molar-refractivity contribution in [1.82, 2.24) is 4.83 Å². The molecular weight excluding hydrogens is 348 g/mol. The van der Waals surface area contributed by atoms with Gasteiger partial charge in [-0.25, -0.2) is 9.22 Å². The Labute approximate surface area is 135 Å². The quantitative estimate of drug-likeness (QED) is 0.516. The number of hydrazone groups is 1. The SMILES string of the molecule is Cc1ccc(S(=O)(=O)N/N=C/c2ccc(C(F)(F)F)c(F)c2)cc1. The van der Waals surface area contributed by atoms with Gasteiger partial charge in [0.25, 0.3) is 10.0 Å². The Balaban J connectivity index is 2.14. The zero-order chi connectivity index (χ0) is 18.0. The Morgan fingerprint density at radius 2 is 1.71 bits per heavy atom. The van der Waals surface area contributed by atoms with E-state index in [-0.39, 0.29) is 10.5 Å². The van der Waals surface area contributed by atoms with Crippen LogP contribution in [-0.2, 0) is 16.2 Å². The molecule has 0 spiro atoms. The Morgan fingerprint density at radius 3 is 2.25 bits per heavy atom. The summed E-state index contributed by atoms with van der Waals surface area (Å²) >= 11 is 0. The van der Waals surface area contributed by atoms with E-state index in [1.54, 1.807) is 19.1 Å². The summed E-state index contributed by atoms with van der Waals surface area (Å²) in [6.07, 6.45) is -3.89. The number of rotatable bonds is 4. The van der Waals surface area contributed by atoms with E-state index in [2.05, 4.69) is 5.10 Å². The lowest BCUT2D eigenvalue weighted by atomic mass is 10.1. The van der Waals surface area contributed by atoms with Crippen molar-refractivity contribution < 1.29 is 26.0 Å². The monoisotopic (exact) mass is 360 g/mol. The first-order valence-electron chi connectivity index (χ1n) is 6.58. The van der Waals surface area contributed by atoms with Crippen LogP contribution in [0.1, 0.15) is 16.7 Å². The minimum atomic E-state index is -4.80. The van der Waals surface area contributed by atoms with E-state index in [0.29, 0.717) is 12.1 Å². The summed E-state index contributed by atoms with van der Waals surface area (Å²) < 4.78 is 74.6. The van der Waals surface area contributed by atoms with Gasteiger partial charge in [-0.05, 0) is 36.8 Å². The molecule has 0 bridgehead atoms. The van der Waals surface area contributed by atoms with E-state index in [9.17, 15) is 26.0 Å². The Hall–Kier alpha value is -2.42. The van der Waals surface area contributed by atoms with Gasteiger partial charge in [0.05, 0.1) is 16.7 Å². The molecule has 2 rings (SSSR count). The van der Waals surface area contributed by atoms with E-state index in [0.717, 1.165) is 17.8 Å². The van der Waals surface area contributed by atoms with Crippen LogP contribution in [0, 0.1) is 12.7 Å². The third-order valence-corrected chi connectivity index (χ3v) is 4.25. The van der Waals surface area contributed by atoms with Gasteiger partial charge in [-0.3, -0.25) is 0 Å². The number of benzene rings is 2. The summed E-state index contributed by atoms with van der Waals surface area (Å²) in [5.41, 5.74) is -0.551. The minimum Gasteiger partial charge on any atom is -0.206 e. The number of hydrogen-bond donors (Lipinski definition) is 1. The van der Waals surface area contributed by atoms with Crippen LogP contribution in [0.2, 0.25) is 0 Å². The first kappa shape index (κ1) is 17.9. The van der Waals surface area contributed by atoms with Crippen LogP contribution in [0.3, 0.4) is 0 Å². The van der Waals surface area contributed by atoms with Gasteiger partial charge in [-0.2, -0.15) is 26.7 Å². The smallest absolute Gasteiger partial charge is 0.206 e. The molecule has 2 aromatic carbocycles. The third kappa shape index (κ3) is 4.31. The molecule has 24 heavy (non-hydrogen) atoms. The molecular formula is C15H12F4N2O2S. The minimum absolute atomic E-state index is 0.0212.